The second-order valence-electron chi connectivity index (χ2n) is 4.30. The standard InChI is InChI=1S/C11H11FO5S/c12-8-3-1-2-4-9(8)18(16,17)11(10(14)15)5-7(13)6-11/h1-4,7,13H,5-6H2,(H,14,15). The monoisotopic (exact) mass is 274 g/mol. The van der Waals surface area contributed by atoms with Crippen LogP contribution in [-0.4, -0.2) is 35.5 Å². The van der Waals surface area contributed by atoms with Gasteiger partial charge in [0.15, 0.2) is 14.6 Å². The number of carboxylic acids is 1. The first kappa shape index (κ1) is 13.0. The van der Waals surface area contributed by atoms with Crippen LogP contribution in [0.25, 0.3) is 0 Å². The normalized spacial score (nSPS) is 27.6. The Morgan fingerprint density at radius 1 is 1.33 bits per heavy atom. The molecule has 5 nitrogen and oxygen atoms in total. The number of aliphatic hydroxyl groups is 1. The van der Waals surface area contributed by atoms with Crippen molar-refractivity contribution in [1.82, 2.24) is 0 Å². The molecule has 18 heavy (non-hydrogen) atoms. The molecule has 0 amide bonds. The number of halogens is 1. The number of hydrogen-bond acceptors (Lipinski definition) is 4. The van der Waals surface area contributed by atoms with Crippen molar-refractivity contribution in [1.29, 1.82) is 0 Å². The minimum absolute atomic E-state index is 0.418. The van der Waals surface area contributed by atoms with E-state index in [4.69, 9.17) is 5.11 Å². The van der Waals surface area contributed by atoms with E-state index in [1.807, 2.05) is 0 Å². The van der Waals surface area contributed by atoms with E-state index < -0.39 is 50.2 Å². The van der Waals surface area contributed by atoms with Gasteiger partial charge in [0, 0.05) is 12.8 Å². The fourth-order valence-corrected chi connectivity index (χ4v) is 4.14. The zero-order chi connectivity index (χ0) is 13.6. The average Bonchev–Trinajstić information content (AvgIpc) is 2.24. The smallest absolute Gasteiger partial charge is 0.325 e. The highest BCUT2D eigenvalue weighted by molar-refractivity contribution is 7.93. The van der Waals surface area contributed by atoms with Crippen LogP contribution in [0.3, 0.4) is 0 Å². The second-order valence-corrected chi connectivity index (χ2v) is 6.52. The molecule has 1 saturated carbocycles. The van der Waals surface area contributed by atoms with Crippen LogP contribution in [0.15, 0.2) is 29.2 Å². The average molecular weight is 274 g/mol. The molecule has 0 atom stereocenters. The molecular formula is C11H11FO5S. The SMILES string of the molecule is O=C(O)C1(S(=O)(=O)c2ccccc2F)CC(O)C1. The predicted molar refractivity (Wildman–Crippen MR) is 59.2 cm³/mol. The van der Waals surface area contributed by atoms with Crippen molar-refractivity contribution in [2.45, 2.75) is 28.6 Å². The first-order valence-electron chi connectivity index (χ1n) is 5.22. The highest BCUT2D eigenvalue weighted by Crippen LogP contribution is 2.43. The van der Waals surface area contributed by atoms with Gasteiger partial charge in [-0.2, -0.15) is 0 Å². The summed E-state index contributed by atoms with van der Waals surface area (Å²) in [6.45, 7) is 0. The summed E-state index contributed by atoms with van der Waals surface area (Å²) in [5, 5.41) is 18.3. The number of hydrogen-bond donors (Lipinski definition) is 2. The van der Waals surface area contributed by atoms with E-state index in [0.717, 1.165) is 12.1 Å². The lowest BCUT2D eigenvalue weighted by Crippen LogP contribution is -2.58. The lowest BCUT2D eigenvalue weighted by Gasteiger charge is -2.40. The highest BCUT2D eigenvalue weighted by Gasteiger charge is 2.60. The summed E-state index contributed by atoms with van der Waals surface area (Å²) < 4.78 is 35.8. The van der Waals surface area contributed by atoms with E-state index in [1.54, 1.807) is 0 Å². The molecule has 0 aromatic heterocycles. The summed E-state index contributed by atoms with van der Waals surface area (Å²) in [6.07, 6.45) is -1.82. The molecule has 1 aromatic carbocycles. The Bertz CT molecular complexity index is 589. The van der Waals surface area contributed by atoms with Gasteiger partial charge in [-0.05, 0) is 12.1 Å². The van der Waals surface area contributed by atoms with Crippen molar-refractivity contribution in [3.63, 3.8) is 0 Å². The van der Waals surface area contributed by atoms with Crippen molar-refractivity contribution in [2.75, 3.05) is 0 Å². The minimum atomic E-state index is -4.36. The van der Waals surface area contributed by atoms with Crippen molar-refractivity contribution in [2.24, 2.45) is 0 Å². The summed E-state index contributed by atoms with van der Waals surface area (Å²) in [7, 11) is -4.36. The molecule has 2 rings (SSSR count). The fraction of sp³-hybridized carbons (Fsp3) is 0.364. The van der Waals surface area contributed by atoms with E-state index in [-0.39, 0.29) is 0 Å². The fourth-order valence-electron chi connectivity index (χ4n) is 2.08. The Kier molecular flexibility index (Phi) is 2.90. The van der Waals surface area contributed by atoms with Crippen LogP contribution < -0.4 is 0 Å². The molecule has 0 heterocycles. The second kappa shape index (κ2) is 4.03. The maximum absolute atomic E-state index is 13.5. The van der Waals surface area contributed by atoms with E-state index in [2.05, 4.69) is 0 Å². The number of aliphatic hydroxyl groups excluding tert-OH is 1. The number of benzene rings is 1. The summed E-state index contributed by atoms with van der Waals surface area (Å²) >= 11 is 0. The topological polar surface area (TPSA) is 91.7 Å². The third kappa shape index (κ3) is 1.62. The molecule has 1 fully saturated rings. The van der Waals surface area contributed by atoms with Crippen molar-refractivity contribution >= 4 is 15.8 Å². The quantitative estimate of drug-likeness (QED) is 0.841. The molecule has 2 N–H and O–H groups in total. The summed E-state index contributed by atoms with van der Waals surface area (Å²) in [6, 6.07) is 4.62. The summed E-state index contributed by atoms with van der Waals surface area (Å²) in [4.78, 5) is 10.5. The molecule has 0 radical (unpaired) electrons. The van der Waals surface area contributed by atoms with Crippen LogP contribution in [0.5, 0.6) is 0 Å². The number of sulfone groups is 1. The van der Waals surface area contributed by atoms with Gasteiger partial charge in [-0.3, -0.25) is 4.79 Å². The molecule has 0 aliphatic heterocycles. The van der Waals surface area contributed by atoms with Gasteiger partial charge in [0.25, 0.3) is 0 Å². The molecule has 1 aromatic rings. The Hall–Kier alpha value is -1.47. The van der Waals surface area contributed by atoms with Crippen LogP contribution in [0.4, 0.5) is 4.39 Å². The molecule has 7 heteroatoms. The minimum Gasteiger partial charge on any atom is -0.480 e. The van der Waals surface area contributed by atoms with Crippen molar-refractivity contribution in [3.05, 3.63) is 30.1 Å². The van der Waals surface area contributed by atoms with Gasteiger partial charge < -0.3 is 10.2 Å². The lowest BCUT2D eigenvalue weighted by atomic mass is 9.81. The Balaban J connectivity index is 2.56. The Morgan fingerprint density at radius 3 is 2.33 bits per heavy atom. The van der Waals surface area contributed by atoms with Gasteiger partial charge in [-0.15, -0.1) is 0 Å². The molecule has 1 aliphatic carbocycles. The number of carboxylic acid groups (broad SMARTS) is 1. The largest absolute Gasteiger partial charge is 0.480 e. The number of aliphatic carboxylic acids is 1. The van der Waals surface area contributed by atoms with E-state index >= 15 is 0 Å². The molecule has 0 bridgehead atoms. The van der Waals surface area contributed by atoms with Crippen LogP contribution in [0.1, 0.15) is 12.8 Å². The summed E-state index contributed by atoms with van der Waals surface area (Å²) in [5.74, 6) is -2.55. The van der Waals surface area contributed by atoms with Gasteiger partial charge in [0.1, 0.15) is 10.7 Å². The highest BCUT2D eigenvalue weighted by atomic mass is 32.2. The van der Waals surface area contributed by atoms with E-state index in [1.165, 1.54) is 12.1 Å². The van der Waals surface area contributed by atoms with Crippen LogP contribution in [0.2, 0.25) is 0 Å². The molecule has 0 unspecified atom stereocenters. The molecule has 1 aliphatic rings. The molecule has 98 valence electrons. The maximum Gasteiger partial charge on any atom is 0.325 e. The maximum atomic E-state index is 13.5. The first-order chi connectivity index (χ1) is 8.31. The number of carbonyl (C=O) groups is 1. The van der Waals surface area contributed by atoms with E-state index in [0.29, 0.717) is 0 Å². The third-order valence-corrected chi connectivity index (χ3v) is 5.61. The van der Waals surface area contributed by atoms with Crippen LogP contribution in [-0.2, 0) is 14.6 Å². The molecule has 0 spiro atoms. The van der Waals surface area contributed by atoms with Crippen LogP contribution in [0, 0.1) is 5.82 Å². The van der Waals surface area contributed by atoms with E-state index in [9.17, 15) is 22.7 Å². The first-order valence-corrected chi connectivity index (χ1v) is 6.70. The third-order valence-electron chi connectivity index (χ3n) is 3.16. The van der Waals surface area contributed by atoms with Gasteiger partial charge in [0.2, 0.25) is 0 Å². The Labute approximate surface area is 103 Å². The Morgan fingerprint density at radius 2 is 1.89 bits per heavy atom. The molecule has 0 saturated heterocycles. The van der Waals surface area contributed by atoms with Crippen LogP contribution >= 0.6 is 0 Å². The number of rotatable bonds is 3. The van der Waals surface area contributed by atoms with Gasteiger partial charge in [-0.1, -0.05) is 12.1 Å². The van der Waals surface area contributed by atoms with Gasteiger partial charge in [-0.25, -0.2) is 12.8 Å². The summed E-state index contributed by atoms with van der Waals surface area (Å²) in [5.41, 5.74) is 0. The zero-order valence-electron chi connectivity index (χ0n) is 9.21. The lowest BCUT2D eigenvalue weighted by molar-refractivity contribution is -0.146. The van der Waals surface area contributed by atoms with Crippen molar-refractivity contribution < 1.29 is 27.8 Å². The zero-order valence-corrected chi connectivity index (χ0v) is 10.0. The van der Waals surface area contributed by atoms with Gasteiger partial charge >= 0.3 is 5.97 Å². The predicted octanol–water partition coefficient (Wildman–Crippen LogP) is 0.577. The van der Waals surface area contributed by atoms with Gasteiger partial charge in [0.05, 0.1) is 6.10 Å². The van der Waals surface area contributed by atoms with Crippen molar-refractivity contribution in [3.8, 4) is 0 Å². The molecular weight excluding hydrogens is 263 g/mol.